The van der Waals surface area contributed by atoms with Crippen LogP contribution in [0.15, 0.2) is 36.5 Å². The Kier molecular flexibility index (Phi) is 4.32. The topological polar surface area (TPSA) is 58.4 Å². The summed E-state index contributed by atoms with van der Waals surface area (Å²) in [5.41, 5.74) is 4.83. The number of halogens is 1. The van der Waals surface area contributed by atoms with Crippen molar-refractivity contribution in [1.82, 2.24) is 14.9 Å². The van der Waals surface area contributed by atoms with Crippen molar-refractivity contribution in [1.29, 1.82) is 0 Å². The first kappa shape index (κ1) is 16.6. The molecule has 1 aromatic carbocycles. The van der Waals surface area contributed by atoms with Crippen LogP contribution < -0.4 is 10.6 Å². The maximum atomic E-state index is 13.3. The van der Waals surface area contributed by atoms with Crippen molar-refractivity contribution in [3.05, 3.63) is 53.5 Å². The molecule has 3 heterocycles. The summed E-state index contributed by atoms with van der Waals surface area (Å²) >= 11 is 0. The van der Waals surface area contributed by atoms with Gasteiger partial charge in [0.1, 0.15) is 11.5 Å². The highest BCUT2D eigenvalue weighted by molar-refractivity contribution is 6.06. The minimum absolute atomic E-state index is 0.196. The Morgan fingerprint density at radius 2 is 2.04 bits per heavy atom. The number of pyridine rings is 1. The normalized spacial score (nSPS) is 14.2. The second kappa shape index (κ2) is 6.78. The van der Waals surface area contributed by atoms with Crippen LogP contribution in [0, 0.1) is 5.82 Å². The lowest BCUT2D eigenvalue weighted by molar-refractivity contribution is 0.0965. The summed E-state index contributed by atoms with van der Waals surface area (Å²) in [7, 11) is 1.61. The van der Waals surface area contributed by atoms with Gasteiger partial charge < -0.3 is 10.6 Å². The molecule has 0 unspecified atom stereocenters. The molecule has 1 aliphatic rings. The van der Waals surface area contributed by atoms with Gasteiger partial charge in [0, 0.05) is 19.2 Å². The summed E-state index contributed by atoms with van der Waals surface area (Å²) in [6.07, 6.45) is 6.42. The molecule has 3 aromatic rings. The van der Waals surface area contributed by atoms with Crippen LogP contribution >= 0.6 is 0 Å². The van der Waals surface area contributed by atoms with Gasteiger partial charge in [0.25, 0.3) is 5.91 Å². The summed E-state index contributed by atoms with van der Waals surface area (Å²) < 4.78 is 15.0. The van der Waals surface area contributed by atoms with E-state index in [0.717, 1.165) is 37.0 Å². The van der Waals surface area contributed by atoms with Gasteiger partial charge in [0.05, 0.1) is 23.0 Å². The van der Waals surface area contributed by atoms with Gasteiger partial charge >= 0.3 is 0 Å². The molecule has 0 atom stereocenters. The highest BCUT2D eigenvalue weighted by Crippen LogP contribution is 2.30. The lowest BCUT2D eigenvalue weighted by Crippen LogP contribution is -2.18. The first-order chi connectivity index (χ1) is 12.7. The molecular weight excluding hydrogens is 331 g/mol. The van der Waals surface area contributed by atoms with Crippen molar-refractivity contribution < 1.29 is 9.18 Å². The van der Waals surface area contributed by atoms with Crippen molar-refractivity contribution in [3.63, 3.8) is 0 Å². The maximum absolute atomic E-state index is 13.3. The highest BCUT2D eigenvalue weighted by Gasteiger charge is 2.22. The molecule has 134 valence electrons. The van der Waals surface area contributed by atoms with Crippen molar-refractivity contribution >= 4 is 17.1 Å². The van der Waals surface area contributed by atoms with Crippen LogP contribution in [0.3, 0.4) is 0 Å². The van der Waals surface area contributed by atoms with E-state index in [-0.39, 0.29) is 11.7 Å². The Bertz CT molecular complexity index is 962. The zero-order valence-corrected chi connectivity index (χ0v) is 14.7. The van der Waals surface area contributed by atoms with E-state index in [2.05, 4.69) is 21.8 Å². The number of amides is 1. The fraction of sp³-hybridized carbons (Fsp3) is 0.300. The quantitative estimate of drug-likeness (QED) is 0.740. The minimum atomic E-state index is -0.314. The monoisotopic (exact) mass is 352 g/mol. The van der Waals surface area contributed by atoms with Gasteiger partial charge in [0.2, 0.25) is 0 Å². The number of hydrogen-bond acceptors (Lipinski definition) is 3. The third kappa shape index (κ3) is 2.92. The zero-order valence-electron chi connectivity index (χ0n) is 14.7. The molecule has 26 heavy (non-hydrogen) atoms. The number of nitrogens with one attached hydrogen (secondary N) is 2. The van der Waals surface area contributed by atoms with E-state index in [4.69, 9.17) is 0 Å². The van der Waals surface area contributed by atoms with E-state index in [9.17, 15) is 9.18 Å². The molecule has 2 aromatic heterocycles. The molecule has 5 nitrogen and oxygen atoms in total. The molecule has 2 N–H and O–H groups in total. The number of fused-ring (bicyclic) bond motifs is 2. The van der Waals surface area contributed by atoms with Crippen LogP contribution in [-0.2, 0) is 6.42 Å². The molecule has 0 radical (unpaired) electrons. The zero-order chi connectivity index (χ0) is 18.1. The molecule has 0 fully saturated rings. The third-order valence-corrected chi connectivity index (χ3v) is 4.87. The van der Waals surface area contributed by atoms with E-state index < -0.39 is 0 Å². The van der Waals surface area contributed by atoms with Crippen molar-refractivity contribution in [2.75, 3.05) is 18.9 Å². The maximum Gasteiger partial charge on any atom is 0.255 e. The molecule has 1 amide bonds. The van der Waals surface area contributed by atoms with Crippen molar-refractivity contribution in [3.8, 4) is 11.3 Å². The number of carbonyl (C=O) groups excluding carboxylic acids is 1. The molecule has 1 aliphatic heterocycles. The molecule has 0 saturated carbocycles. The van der Waals surface area contributed by atoms with Gasteiger partial charge in [0.15, 0.2) is 0 Å². The summed E-state index contributed by atoms with van der Waals surface area (Å²) in [5.74, 6) is -0.510. The predicted molar refractivity (Wildman–Crippen MR) is 100 cm³/mol. The molecule has 0 aliphatic carbocycles. The largest absolute Gasteiger partial charge is 0.384 e. The fourth-order valence-electron chi connectivity index (χ4n) is 3.50. The van der Waals surface area contributed by atoms with Crippen molar-refractivity contribution in [2.45, 2.75) is 25.7 Å². The highest BCUT2D eigenvalue weighted by atomic mass is 19.1. The van der Waals surface area contributed by atoms with Gasteiger partial charge in [-0.15, -0.1) is 0 Å². The first-order valence-corrected chi connectivity index (χ1v) is 8.94. The Labute approximate surface area is 151 Å². The number of anilines is 1. The average molecular weight is 352 g/mol. The van der Waals surface area contributed by atoms with E-state index in [1.165, 1.54) is 24.1 Å². The van der Waals surface area contributed by atoms with Gasteiger partial charge in [-0.2, -0.15) is 5.10 Å². The number of hydrogen-bond donors (Lipinski definition) is 2. The van der Waals surface area contributed by atoms with Crippen LogP contribution in [0.5, 0.6) is 0 Å². The van der Waals surface area contributed by atoms with E-state index >= 15 is 0 Å². The third-order valence-electron chi connectivity index (χ3n) is 4.87. The predicted octanol–water partition coefficient (Wildman–Crippen LogP) is 3.64. The van der Waals surface area contributed by atoms with Crippen LogP contribution in [-0.4, -0.2) is 29.1 Å². The number of nitrogens with zero attached hydrogens (tertiary/aromatic N) is 2. The molecule has 6 heteroatoms. The number of benzene rings is 1. The number of carbonyl (C=O) groups is 1. The summed E-state index contributed by atoms with van der Waals surface area (Å²) in [5, 5.41) is 10.8. The molecule has 4 rings (SSSR count). The Hall–Kier alpha value is -2.89. The smallest absolute Gasteiger partial charge is 0.255 e. The summed E-state index contributed by atoms with van der Waals surface area (Å²) in [4.78, 5) is 12.6. The summed E-state index contributed by atoms with van der Waals surface area (Å²) in [6, 6.07) is 8.12. The van der Waals surface area contributed by atoms with Crippen LogP contribution in [0.1, 0.15) is 35.2 Å². The van der Waals surface area contributed by atoms with Crippen LogP contribution in [0.4, 0.5) is 10.1 Å². The van der Waals surface area contributed by atoms with E-state index in [1.54, 1.807) is 23.7 Å². The fourth-order valence-corrected chi connectivity index (χ4v) is 3.50. The SMILES string of the molecule is CNC(=O)c1c(-c2ccc(F)cc2)nn2cc3c(cc12)CCCCCN3. The lowest BCUT2D eigenvalue weighted by Gasteiger charge is -2.16. The molecule has 0 bridgehead atoms. The number of aryl methyl sites for hydroxylation is 1. The van der Waals surface area contributed by atoms with E-state index in [0.29, 0.717) is 16.8 Å². The van der Waals surface area contributed by atoms with Gasteiger partial charge in [-0.3, -0.25) is 4.79 Å². The Balaban J connectivity index is 1.93. The molecule has 0 saturated heterocycles. The molecular formula is C20H21FN4O. The van der Waals surface area contributed by atoms with Gasteiger partial charge in [-0.05, 0) is 55.2 Å². The minimum Gasteiger partial charge on any atom is -0.384 e. The van der Waals surface area contributed by atoms with E-state index in [1.807, 2.05) is 6.20 Å². The Morgan fingerprint density at radius 3 is 2.81 bits per heavy atom. The van der Waals surface area contributed by atoms with Crippen LogP contribution in [0.2, 0.25) is 0 Å². The second-order valence-corrected chi connectivity index (χ2v) is 6.59. The average Bonchev–Trinajstić information content (AvgIpc) is 3.00. The number of rotatable bonds is 2. The second-order valence-electron chi connectivity index (χ2n) is 6.59. The first-order valence-electron chi connectivity index (χ1n) is 8.94. The molecule has 0 spiro atoms. The Morgan fingerprint density at radius 1 is 1.23 bits per heavy atom. The van der Waals surface area contributed by atoms with Crippen LogP contribution in [0.25, 0.3) is 16.8 Å². The van der Waals surface area contributed by atoms with Crippen molar-refractivity contribution in [2.24, 2.45) is 0 Å². The van der Waals surface area contributed by atoms with Gasteiger partial charge in [-0.25, -0.2) is 8.91 Å². The van der Waals surface area contributed by atoms with Gasteiger partial charge in [-0.1, -0.05) is 6.42 Å². The standard InChI is InChI=1S/C20H21FN4O/c1-22-20(26)18-17-11-14-5-3-2-4-10-23-16(14)12-25(17)24-19(18)13-6-8-15(21)9-7-13/h6-9,11-12,23H,2-5,10H2,1H3,(H,22,26). The number of aromatic nitrogens is 2. The summed E-state index contributed by atoms with van der Waals surface area (Å²) in [6.45, 7) is 0.937. The lowest BCUT2D eigenvalue weighted by atomic mass is 10.0.